The van der Waals surface area contributed by atoms with E-state index in [2.05, 4.69) is 48.3 Å². The first-order valence-corrected chi connectivity index (χ1v) is 12.3. The maximum atomic E-state index is 13.8. The molecule has 5 rings (SSSR count). The van der Waals surface area contributed by atoms with Crippen LogP contribution in [0.2, 0.25) is 0 Å². The van der Waals surface area contributed by atoms with E-state index in [1.807, 2.05) is 30.3 Å². The number of fused-ring (bicyclic) bond motifs is 1. The molecule has 2 atom stereocenters. The fourth-order valence-corrected chi connectivity index (χ4v) is 5.44. The van der Waals surface area contributed by atoms with E-state index in [4.69, 9.17) is 4.42 Å². The van der Waals surface area contributed by atoms with Crippen LogP contribution in [0.3, 0.4) is 0 Å². The lowest BCUT2D eigenvalue weighted by molar-refractivity contribution is -0.117. The van der Waals surface area contributed by atoms with Gasteiger partial charge in [0.15, 0.2) is 5.78 Å². The predicted molar refractivity (Wildman–Crippen MR) is 139 cm³/mol. The Bertz CT molecular complexity index is 1260. The number of hydrogen-bond donors (Lipinski definition) is 1. The van der Waals surface area contributed by atoms with Gasteiger partial charge in [-0.3, -0.25) is 14.5 Å². The maximum Gasteiger partial charge on any atom is 0.224 e. The lowest BCUT2D eigenvalue weighted by atomic mass is 9.79. The molecule has 2 aromatic carbocycles. The van der Waals surface area contributed by atoms with E-state index in [0.717, 1.165) is 35.7 Å². The van der Waals surface area contributed by atoms with Gasteiger partial charge < -0.3 is 14.6 Å². The van der Waals surface area contributed by atoms with Crippen molar-refractivity contribution in [1.82, 2.24) is 0 Å². The number of benzene rings is 2. The number of allylic oxidation sites excluding steroid dienone is 1. The van der Waals surface area contributed by atoms with Crippen molar-refractivity contribution in [1.29, 1.82) is 0 Å². The molecule has 0 saturated carbocycles. The molecule has 6 nitrogen and oxygen atoms in total. The number of carbonyl (C=O) groups excluding carboxylic acids is 2. The number of para-hydroxylation sites is 2. The lowest BCUT2D eigenvalue weighted by Gasteiger charge is -2.33. The molecule has 0 radical (unpaired) electrons. The van der Waals surface area contributed by atoms with Crippen LogP contribution in [0.15, 0.2) is 82.6 Å². The molecule has 3 aromatic rings. The molecule has 0 bridgehead atoms. The van der Waals surface area contributed by atoms with Gasteiger partial charge in [-0.25, -0.2) is 0 Å². The molecule has 1 aliphatic heterocycles. The molecule has 1 aliphatic carbocycles. The van der Waals surface area contributed by atoms with Gasteiger partial charge >= 0.3 is 0 Å². The molecule has 2 aliphatic rings. The zero-order valence-corrected chi connectivity index (χ0v) is 20.5. The number of nitrogens with one attached hydrogen (secondary N) is 1. The van der Waals surface area contributed by atoms with Gasteiger partial charge in [0.2, 0.25) is 5.91 Å². The largest absolute Gasteiger partial charge is 0.467 e. The second-order valence-electron chi connectivity index (χ2n) is 9.13. The Morgan fingerprint density at radius 3 is 2.43 bits per heavy atom. The third-order valence-corrected chi connectivity index (χ3v) is 7.13. The number of anilines is 3. The van der Waals surface area contributed by atoms with Gasteiger partial charge in [0, 0.05) is 43.4 Å². The second-order valence-corrected chi connectivity index (χ2v) is 9.13. The summed E-state index contributed by atoms with van der Waals surface area (Å²) in [5.41, 5.74) is 5.37. The molecule has 1 amide bonds. The summed E-state index contributed by atoms with van der Waals surface area (Å²) in [6, 6.07) is 19.3. The summed E-state index contributed by atoms with van der Waals surface area (Å²) in [7, 11) is 0. The Labute approximate surface area is 206 Å². The molecular formula is C29H31N3O3. The van der Waals surface area contributed by atoms with E-state index in [-0.39, 0.29) is 17.6 Å². The van der Waals surface area contributed by atoms with Crippen molar-refractivity contribution in [3.05, 3.63) is 89.5 Å². The third kappa shape index (κ3) is 4.14. The molecule has 0 unspecified atom stereocenters. The summed E-state index contributed by atoms with van der Waals surface area (Å²) in [5.74, 6) is 0.544. The van der Waals surface area contributed by atoms with Crippen molar-refractivity contribution < 1.29 is 14.0 Å². The van der Waals surface area contributed by atoms with Gasteiger partial charge in [-0.05, 0) is 68.1 Å². The highest BCUT2D eigenvalue weighted by atomic mass is 16.3. The molecule has 1 aromatic heterocycles. The van der Waals surface area contributed by atoms with E-state index in [9.17, 15) is 9.59 Å². The van der Waals surface area contributed by atoms with Crippen LogP contribution in [0.25, 0.3) is 0 Å². The highest BCUT2D eigenvalue weighted by molar-refractivity contribution is 6.05. The fourth-order valence-electron chi connectivity index (χ4n) is 5.44. The van der Waals surface area contributed by atoms with Crippen molar-refractivity contribution in [2.45, 2.75) is 45.6 Å². The van der Waals surface area contributed by atoms with Crippen LogP contribution in [0.5, 0.6) is 0 Å². The molecule has 0 spiro atoms. The number of carbonyl (C=O) groups is 2. The zero-order valence-electron chi connectivity index (χ0n) is 20.5. The minimum atomic E-state index is -0.604. The normalized spacial score (nSPS) is 19.5. The average molecular weight is 470 g/mol. The van der Waals surface area contributed by atoms with E-state index >= 15 is 0 Å². The van der Waals surface area contributed by atoms with Crippen LogP contribution < -0.4 is 15.1 Å². The number of Topliss-reactive ketones (excluding diaryl/α,β-unsaturated/α-hetero) is 1. The first-order valence-electron chi connectivity index (χ1n) is 12.3. The minimum Gasteiger partial charge on any atom is -0.467 e. The van der Waals surface area contributed by atoms with Crippen molar-refractivity contribution in [3.8, 4) is 0 Å². The smallest absolute Gasteiger partial charge is 0.224 e. The molecular weight excluding hydrogens is 438 g/mol. The Balaban J connectivity index is 1.57. The summed E-state index contributed by atoms with van der Waals surface area (Å²) in [6.07, 6.45) is 2.67. The summed E-state index contributed by atoms with van der Waals surface area (Å²) in [4.78, 5) is 30.7. The maximum absolute atomic E-state index is 13.8. The van der Waals surface area contributed by atoms with E-state index in [1.165, 1.54) is 12.6 Å². The second kappa shape index (κ2) is 9.45. The Kier molecular flexibility index (Phi) is 6.20. The van der Waals surface area contributed by atoms with E-state index in [0.29, 0.717) is 24.2 Å². The van der Waals surface area contributed by atoms with Gasteiger partial charge in [0.05, 0.1) is 17.6 Å². The standard InChI is InChI=1S/C29H31N3O3/c1-4-31(5-2)22-14-12-20(13-15-22)21-17-24-28(26(34)18-21)29(27-11-8-16-35-27)32(19(3)33)25-10-7-6-9-23(25)30-24/h6-16,21,29-30H,4-5,17-18H2,1-3H3/t21-,29+/m1/s1. The molecule has 180 valence electrons. The van der Waals surface area contributed by atoms with Gasteiger partial charge in [0.1, 0.15) is 11.8 Å². The lowest BCUT2D eigenvalue weighted by Crippen LogP contribution is -2.37. The van der Waals surface area contributed by atoms with Crippen molar-refractivity contribution >= 4 is 28.8 Å². The Hall–Kier alpha value is -3.80. The molecule has 0 fully saturated rings. The van der Waals surface area contributed by atoms with Crippen molar-refractivity contribution in [3.63, 3.8) is 0 Å². The van der Waals surface area contributed by atoms with Crippen molar-refractivity contribution in [2.24, 2.45) is 0 Å². The van der Waals surface area contributed by atoms with Crippen LogP contribution in [-0.4, -0.2) is 24.8 Å². The monoisotopic (exact) mass is 469 g/mol. The molecule has 2 heterocycles. The number of furan rings is 1. The summed E-state index contributed by atoms with van der Waals surface area (Å²) >= 11 is 0. The van der Waals surface area contributed by atoms with Crippen LogP contribution in [0.1, 0.15) is 56.9 Å². The minimum absolute atomic E-state index is 0.0389. The molecule has 1 N–H and O–H groups in total. The Morgan fingerprint density at radius 1 is 1.03 bits per heavy atom. The van der Waals surface area contributed by atoms with Crippen LogP contribution in [0.4, 0.5) is 17.1 Å². The Morgan fingerprint density at radius 2 is 1.77 bits per heavy atom. The summed E-state index contributed by atoms with van der Waals surface area (Å²) in [5, 5.41) is 3.53. The quantitative estimate of drug-likeness (QED) is 0.493. The van der Waals surface area contributed by atoms with Gasteiger partial charge in [-0.2, -0.15) is 0 Å². The highest BCUT2D eigenvalue weighted by Gasteiger charge is 2.42. The number of nitrogens with zero attached hydrogens (tertiary/aromatic N) is 2. The van der Waals surface area contributed by atoms with E-state index < -0.39 is 6.04 Å². The van der Waals surface area contributed by atoms with Crippen molar-refractivity contribution in [2.75, 3.05) is 28.2 Å². The van der Waals surface area contributed by atoms with Crippen LogP contribution >= 0.6 is 0 Å². The molecule has 0 saturated heterocycles. The van der Waals surface area contributed by atoms with Gasteiger partial charge in [-0.1, -0.05) is 24.3 Å². The van der Waals surface area contributed by atoms with Gasteiger partial charge in [0.25, 0.3) is 0 Å². The van der Waals surface area contributed by atoms with Gasteiger partial charge in [-0.15, -0.1) is 0 Å². The van der Waals surface area contributed by atoms with Crippen LogP contribution in [-0.2, 0) is 9.59 Å². The zero-order chi connectivity index (χ0) is 24.5. The average Bonchev–Trinajstić information content (AvgIpc) is 3.34. The summed E-state index contributed by atoms with van der Waals surface area (Å²) < 4.78 is 5.78. The highest BCUT2D eigenvalue weighted by Crippen LogP contribution is 2.47. The first-order chi connectivity index (χ1) is 17.0. The topological polar surface area (TPSA) is 65.8 Å². The fraction of sp³-hybridized carbons (Fsp3) is 0.310. The van der Waals surface area contributed by atoms with Crippen LogP contribution in [0, 0.1) is 0 Å². The number of ketones is 1. The van der Waals surface area contributed by atoms with E-state index in [1.54, 1.807) is 17.2 Å². The number of rotatable bonds is 5. The first kappa shape index (κ1) is 23.0. The molecule has 6 heteroatoms. The molecule has 35 heavy (non-hydrogen) atoms. The summed E-state index contributed by atoms with van der Waals surface area (Å²) in [6.45, 7) is 7.75. The predicted octanol–water partition coefficient (Wildman–Crippen LogP) is 6.05. The SMILES string of the molecule is CCN(CC)c1ccc([C@H]2CC(=O)C3=C(C2)Nc2ccccc2N(C(C)=O)[C@H]3c2ccco2)cc1. The number of hydrogen-bond acceptors (Lipinski definition) is 5. The number of amides is 1. The third-order valence-electron chi connectivity index (χ3n) is 7.13.